The lowest BCUT2D eigenvalue weighted by atomic mass is 10.2. The Morgan fingerprint density at radius 3 is 1.52 bits per heavy atom. The van der Waals surface area contributed by atoms with Crippen molar-refractivity contribution in [3.8, 4) is 0 Å². The van der Waals surface area contributed by atoms with Gasteiger partial charge in [-0.05, 0) is 36.6 Å². The molecule has 11 heteroatoms. The first-order valence-corrected chi connectivity index (χ1v) is 6.69. The van der Waals surface area contributed by atoms with E-state index in [1.165, 1.54) is 14.2 Å². The molecule has 0 fully saturated rings. The highest BCUT2D eigenvalue weighted by atomic mass is 32.1. The topological polar surface area (TPSA) is 101 Å². The second-order valence-electron chi connectivity index (χ2n) is 3.69. The van der Waals surface area contributed by atoms with Gasteiger partial charge in [-0.15, -0.1) is 0 Å². The highest BCUT2D eigenvalue weighted by molar-refractivity contribution is 7.80. The molecular weight excluding hydrogens is 355 g/mol. The minimum Gasteiger partial charge on any atom is -0.453 e. The van der Waals surface area contributed by atoms with Crippen molar-refractivity contribution in [1.29, 1.82) is 0 Å². The Balaban J connectivity index is 0.00000484. The van der Waals surface area contributed by atoms with E-state index in [1.54, 1.807) is 24.3 Å². The van der Waals surface area contributed by atoms with Crippen LogP contribution in [0.1, 0.15) is 0 Å². The predicted molar refractivity (Wildman–Crippen MR) is 99.9 cm³/mol. The van der Waals surface area contributed by atoms with Crippen molar-refractivity contribution < 1.29 is 19.1 Å². The van der Waals surface area contributed by atoms with E-state index in [4.69, 9.17) is 24.4 Å². The van der Waals surface area contributed by atoms with Gasteiger partial charge in [-0.25, -0.2) is 9.59 Å². The molecule has 0 radical (unpaired) electrons. The van der Waals surface area contributed by atoms with Crippen LogP contribution in [0.25, 0.3) is 0 Å². The number of anilines is 2. The molecule has 0 spiro atoms. The van der Waals surface area contributed by atoms with Crippen molar-refractivity contribution in [1.82, 2.24) is 10.6 Å². The smallest absolute Gasteiger partial charge is 0.413 e. The molecule has 23 heavy (non-hydrogen) atoms. The molecule has 0 bridgehead atoms. The molecule has 0 aliphatic rings. The number of thiocarbonyl (C=S) groups is 2. The summed E-state index contributed by atoms with van der Waals surface area (Å²) >= 11 is 9.93. The van der Waals surface area contributed by atoms with E-state index in [0.29, 0.717) is 11.4 Å². The molecule has 0 aliphatic heterocycles. The van der Waals surface area contributed by atoms with Gasteiger partial charge in [0.25, 0.3) is 0 Å². The summed E-state index contributed by atoms with van der Waals surface area (Å²) in [5, 5.41) is 10.3. The van der Waals surface area contributed by atoms with Gasteiger partial charge in [0.15, 0.2) is 27.6 Å². The van der Waals surface area contributed by atoms with Crippen LogP contribution in [0.5, 0.6) is 0 Å². The Labute approximate surface area is 154 Å². The van der Waals surface area contributed by atoms with Crippen LogP contribution in [0, 0.1) is 0 Å². The first-order chi connectivity index (χ1) is 10.5. The molecule has 8 nitrogen and oxygen atoms in total. The molecule has 0 atom stereocenters. The van der Waals surface area contributed by atoms with E-state index in [0.717, 1.165) is 0 Å². The number of carbonyl (C=O) groups is 2. The molecule has 0 heterocycles. The molecule has 0 aliphatic carbocycles. The largest absolute Gasteiger partial charge is 0.453 e. The van der Waals surface area contributed by atoms with Crippen molar-refractivity contribution in [2.75, 3.05) is 24.9 Å². The highest BCUT2D eigenvalue weighted by Gasteiger charge is 2.09. The second kappa shape index (κ2) is 10.7. The first kappa shape index (κ1) is 21.1. The Bertz CT molecular complexity index is 549. The highest BCUT2D eigenvalue weighted by Crippen LogP contribution is 2.20. The minimum absolute atomic E-state index is 0. The quantitative estimate of drug-likeness (QED) is 0.443. The molecule has 1 aromatic rings. The Kier molecular flexibility index (Phi) is 9.84. The second-order valence-corrected chi connectivity index (χ2v) is 4.50. The van der Waals surface area contributed by atoms with Crippen molar-refractivity contribution in [2.45, 2.75) is 0 Å². The van der Waals surface area contributed by atoms with Crippen LogP contribution in [-0.4, -0.2) is 54.0 Å². The normalized spacial score (nSPS) is 8.78. The number of rotatable bonds is 2. The zero-order valence-electron chi connectivity index (χ0n) is 11.8. The third-order valence-electron chi connectivity index (χ3n) is 2.23. The summed E-state index contributed by atoms with van der Waals surface area (Å²) in [5.41, 5.74) is 1.08. The SMILES string of the molecule is COC(=O)NC(=S)Nc1ccccc1NC(=S)NC(=O)OC.[AlH3]. The molecule has 0 unspecified atom stereocenters. The third-order valence-corrected chi connectivity index (χ3v) is 2.63. The van der Waals surface area contributed by atoms with Crippen LogP contribution in [0.2, 0.25) is 0 Å². The Hall–Kier alpha value is -1.93. The lowest BCUT2D eigenvalue weighted by Crippen LogP contribution is -2.35. The minimum atomic E-state index is -0.689. The van der Waals surface area contributed by atoms with Crippen molar-refractivity contribution in [3.63, 3.8) is 0 Å². The first-order valence-electron chi connectivity index (χ1n) is 5.87. The maximum atomic E-state index is 11.1. The number of carbonyl (C=O) groups excluding carboxylic acids is 2. The standard InChI is InChI=1S/C12H14N4O4S2.Al.3H/c1-19-11(17)15-9(21)13-7-5-3-4-6-8(7)14-10(22)16-12(18)20-2;;;;/h3-6H,1-2H3,(H2,13,15,17,21)(H2,14,16,18,22);;;;. The summed E-state index contributed by atoms with van der Waals surface area (Å²) in [5.74, 6) is 0. The fourth-order valence-electron chi connectivity index (χ4n) is 1.30. The zero-order valence-corrected chi connectivity index (χ0v) is 13.4. The summed E-state index contributed by atoms with van der Waals surface area (Å²) in [6.45, 7) is 0. The molecule has 1 aromatic carbocycles. The fourth-order valence-corrected chi connectivity index (χ4v) is 1.68. The van der Waals surface area contributed by atoms with E-state index in [9.17, 15) is 9.59 Å². The number of hydrogen-bond donors (Lipinski definition) is 4. The van der Waals surface area contributed by atoms with Crippen LogP contribution in [-0.2, 0) is 9.47 Å². The van der Waals surface area contributed by atoms with Crippen LogP contribution in [0.15, 0.2) is 24.3 Å². The van der Waals surface area contributed by atoms with E-state index in [1.807, 2.05) is 0 Å². The number of ether oxygens (including phenoxy) is 2. The summed E-state index contributed by atoms with van der Waals surface area (Å²) in [6.07, 6.45) is -1.38. The predicted octanol–water partition coefficient (Wildman–Crippen LogP) is 0.608. The lowest BCUT2D eigenvalue weighted by molar-refractivity contribution is 0.176. The van der Waals surface area contributed by atoms with Gasteiger partial charge in [0.2, 0.25) is 0 Å². The molecule has 0 aromatic heterocycles. The van der Waals surface area contributed by atoms with Crippen LogP contribution < -0.4 is 21.3 Å². The number of amides is 2. The van der Waals surface area contributed by atoms with Gasteiger partial charge in [0.05, 0.1) is 25.6 Å². The van der Waals surface area contributed by atoms with Crippen LogP contribution >= 0.6 is 24.4 Å². The van der Waals surface area contributed by atoms with Gasteiger partial charge in [0, 0.05) is 0 Å². The summed E-state index contributed by atoms with van der Waals surface area (Å²) in [7, 11) is 2.45. The number of hydrogen-bond acceptors (Lipinski definition) is 6. The van der Waals surface area contributed by atoms with Crippen molar-refractivity contribution >= 4 is 75.6 Å². The number of alkyl carbamates (subject to hydrolysis) is 2. The molecular formula is C12H17AlN4O4S2. The van der Waals surface area contributed by atoms with E-state index in [-0.39, 0.29) is 27.6 Å². The average Bonchev–Trinajstić information content (AvgIpc) is 2.48. The Morgan fingerprint density at radius 2 is 1.22 bits per heavy atom. The van der Waals surface area contributed by atoms with Crippen LogP contribution in [0.4, 0.5) is 21.0 Å². The van der Waals surface area contributed by atoms with Crippen molar-refractivity contribution in [2.24, 2.45) is 0 Å². The van der Waals surface area contributed by atoms with E-state index < -0.39 is 12.2 Å². The molecule has 0 saturated heterocycles. The van der Waals surface area contributed by atoms with Gasteiger partial charge >= 0.3 is 12.2 Å². The van der Waals surface area contributed by atoms with Gasteiger partial charge in [-0.3, -0.25) is 10.6 Å². The third kappa shape index (κ3) is 7.76. The number of para-hydroxylation sites is 2. The summed E-state index contributed by atoms with van der Waals surface area (Å²) in [6, 6.07) is 6.92. The number of nitrogens with one attached hydrogen (secondary N) is 4. The summed E-state index contributed by atoms with van der Waals surface area (Å²) in [4.78, 5) is 22.1. The van der Waals surface area contributed by atoms with E-state index >= 15 is 0 Å². The molecule has 4 N–H and O–H groups in total. The van der Waals surface area contributed by atoms with E-state index in [2.05, 4.69) is 30.7 Å². The van der Waals surface area contributed by atoms with Crippen molar-refractivity contribution in [3.05, 3.63) is 24.3 Å². The molecule has 2 amide bonds. The lowest BCUT2D eigenvalue weighted by Gasteiger charge is -2.15. The van der Waals surface area contributed by atoms with Crippen LogP contribution in [0.3, 0.4) is 0 Å². The number of methoxy groups -OCH3 is 2. The Morgan fingerprint density at radius 1 is 0.870 bits per heavy atom. The molecule has 124 valence electrons. The molecule has 0 saturated carbocycles. The maximum Gasteiger partial charge on any atom is 0.413 e. The number of benzene rings is 1. The monoisotopic (exact) mass is 372 g/mol. The maximum absolute atomic E-state index is 11.1. The molecule has 1 rings (SSSR count). The van der Waals surface area contributed by atoms with Gasteiger partial charge in [-0.1, -0.05) is 12.1 Å². The summed E-state index contributed by atoms with van der Waals surface area (Å²) < 4.78 is 8.87. The fraction of sp³-hybridized carbons (Fsp3) is 0.167. The average molecular weight is 372 g/mol. The zero-order chi connectivity index (χ0) is 16.5. The van der Waals surface area contributed by atoms with Gasteiger partial charge in [0.1, 0.15) is 0 Å². The van der Waals surface area contributed by atoms with Gasteiger partial charge < -0.3 is 20.1 Å². The van der Waals surface area contributed by atoms with Gasteiger partial charge in [-0.2, -0.15) is 0 Å².